The number of carbonyl (C=O) groups is 1. The summed E-state index contributed by atoms with van der Waals surface area (Å²) in [4.78, 5) is 14.6. The molecule has 4 nitrogen and oxygen atoms in total. The summed E-state index contributed by atoms with van der Waals surface area (Å²) in [6.45, 7) is 0.586. The summed E-state index contributed by atoms with van der Waals surface area (Å²) < 4.78 is 0. The van der Waals surface area contributed by atoms with Crippen molar-refractivity contribution >= 4 is 11.5 Å². The van der Waals surface area contributed by atoms with Crippen molar-refractivity contribution in [1.82, 2.24) is 10.3 Å². The van der Waals surface area contributed by atoms with Crippen LogP contribution in [0, 0.1) is 0 Å². The molecule has 0 radical (unpaired) electrons. The van der Waals surface area contributed by atoms with Gasteiger partial charge in [-0.1, -0.05) is 12.1 Å². The lowest BCUT2D eigenvalue weighted by Gasteiger charge is -1.99. The highest BCUT2D eigenvalue weighted by molar-refractivity contribution is 5.83. The van der Waals surface area contributed by atoms with Crippen LogP contribution in [0.2, 0.25) is 0 Å². The molecule has 1 aromatic rings. The first kappa shape index (κ1) is 8.90. The van der Waals surface area contributed by atoms with Crippen LogP contribution >= 0.6 is 0 Å². The van der Waals surface area contributed by atoms with E-state index in [1.54, 1.807) is 18.5 Å². The van der Waals surface area contributed by atoms with Crippen LogP contribution in [0.25, 0.3) is 5.57 Å². The number of carboxylic acid groups (broad SMARTS) is 1. The van der Waals surface area contributed by atoms with E-state index in [1.807, 2.05) is 12.1 Å². The quantitative estimate of drug-likeness (QED) is 0.713. The summed E-state index contributed by atoms with van der Waals surface area (Å²) >= 11 is 0. The van der Waals surface area contributed by atoms with Crippen molar-refractivity contribution in [1.29, 1.82) is 0 Å². The van der Waals surface area contributed by atoms with Crippen LogP contribution in [-0.4, -0.2) is 28.6 Å². The molecule has 0 unspecified atom stereocenters. The van der Waals surface area contributed by atoms with E-state index in [1.165, 1.54) is 0 Å². The van der Waals surface area contributed by atoms with Gasteiger partial charge in [-0.2, -0.15) is 0 Å². The molecule has 0 bridgehead atoms. The fourth-order valence-corrected chi connectivity index (χ4v) is 1.45. The second-order valence-corrected chi connectivity index (χ2v) is 3.13. The monoisotopic (exact) mass is 190 g/mol. The van der Waals surface area contributed by atoms with E-state index in [9.17, 15) is 4.79 Å². The van der Waals surface area contributed by atoms with E-state index < -0.39 is 12.0 Å². The third kappa shape index (κ3) is 1.65. The maximum absolute atomic E-state index is 10.7. The zero-order valence-electron chi connectivity index (χ0n) is 7.47. The van der Waals surface area contributed by atoms with Gasteiger partial charge in [0.25, 0.3) is 0 Å². The molecule has 1 aliphatic heterocycles. The molecule has 0 aliphatic carbocycles. The maximum atomic E-state index is 10.7. The number of nitrogens with one attached hydrogen (secondary N) is 1. The highest BCUT2D eigenvalue weighted by Gasteiger charge is 2.21. The lowest BCUT2D eigenvalue weighted by Crippen LogP contribution is -2.30. The van der Waals surface area contributed by atoms with E-state index in [2.05, 4.69) is 10.3 Å². The molecule has 72 valence electrons. The van der Waals surface area contributed by atoms with Gasteiger partial charge in [0, 0.05) is 18.9 Å². The third-order valence-corrected chi connectivity index (χ3v) is 2.18. The minimum Gasteiger partial charge on any atom is -0.480 e. The lowest BCUT2D eigenvalue weighted by molar-refractivity contribution is -0.137. The number of hydrogen-bond donors (Lipinski definition) is 2. The average Bonchev–Trinajstić information content (AvgIpc) is 2.68. The Morgan fingerprint density at radius 3 is 3.07 bits per heavy atom. The first-order valence-corrected chi connectivity index (χ1v) is 4.34. The molecule has 14 heavy (non-hydrogen) atoms. The Morgan fingerprint density at radius 2 is 2.50 bits per heavy atom. The summed E-state index contributed by atoms with van der Waals surface area (Å²) in [5.41, 5.74) is 1.97. The molecule has 0 saturated carbocycles. The van der Waals surface area contributed by atoms with Gasteiger partial charge >= 0.3 is 5.97 Å². The van der Waals surface area contributed by atoms with Crippen molar-refractivity contribution in [2.75, 3.05) is 6.54 Å². The number of pyridine rings is 1. The second-order valence-electron chi connectivity index (χ2n) is 3.13. The van der Waals surface area contributed by atoms with Crippen LogP contribution in [0.15, 0.2) is 30.6 Å². The van der Waals surface area contributed by atoms with Crippen molar-refractivity contribution in [3.05, 3.63) is 36.2 Å². The molecule has 2 N–H and O–H groups in total. The van der Waals surface area contributed by atoms with Crippen LogP contribution in [0.1, 0.15) is 5.56 Å². The Morgan fingerprint density at radius 1 is 1.64 bits per heavy atom. The minimum absolute atomic E-state index is 0.565. The van der Waals surface area contributed by atoms with Crippen LogP contribution in [0.5, 0.6) is 0 Å². The predicted octanol–water partition coefficient (Wildman–Crippen LogP) is 0.521. The van der Waals surface area contributed by atoms with E-state index in [0.29, 0.717) is 6.54 Å². The fraction of sp³-hybridized carbons (Fsp3) is 0.200. The molecular weight excluding hydrogens is 180 g/mol. The zero-order valence-corrected chi connectivity index (χ0v) is 7.47. The minimum atomic E-state index is -0.844. The number of hydrogen-bond acceptors (Lipinski definition) is 3. The lowest BCUT2D eigenvalue weighted by atomic mass is 10.1. The largest absolute Gasteiger partial charge is 0.480 e. The number of nitrogens with zero attached hydrogens (tertiary/aromatic N) is 1. The molecule has 1 atom stereocenters. The Kier molecular flexibility index (Phi) is 2.28. The molecule has 0 spiro atoms. The van der Waals surface area contributed by atoms with Crippen LogP contribution < -0.4 is 5.32 Å². The molecular formula is C10H10N2O2. The van der Waals surface area contributed by atoms with Gasteiger partial charge in [0.1, 0.15) is 6.04 Å². The average molecular weight is 190 g/mol. The fourth-order valence-electron chi connectivity index (χ4n) is 1.45. The number of aromatic nitrogens is 1. The summed E-state index contributed by atoms with van der Waals surface area (Å²) in [7, 11) is 0. The van der Waals surface area contributed by atoms with Crippen molar-refractivity contribution in [2.24, 2.45) is 0 Å². The molecule has 4 heteroatoms. The van der Waals surface area contributed by atoms with Gasteiger partial charge in [-0.05, 0) is 17.2 Å². The van der Waals surface area contributed by atoms with Crippen molar-refractivity contribution in [3.8, 4) is 0 Å². The molecule has 0 fully saturated rings. The number of aliphatic carboxylic acids is 1. The van der Waals surface area contributed by atoms with E-state index in [4.69, 9.17) is 5.11 Å². The summed E-state index contributed by atoms with van der Waals surface area (Å²) in [6, 6.07) is 3.19. The zero-order chi connectivity index (χ0) is 9.97. The normalized spacial score (nSPS) is 20.6. The van der Waals surface area contributed by atoms with Gasteiger partial charge in [-0.3, -0.25) is 15.1 Å². The molecule has 0 aromatic carbocycles. The standard InChI is InChI=1S/C10H10N2O2/c13-10(14)9-4-8(6-12-9)7-2-1-3-11-5-7/h1-5,9,12H,6H2,(H,13,14)/t9-/m0/s1. The van der Waals surface area contributed by atoms with E-state index >= 15 is 0 Å². The van der Waals surface area contributed by atoms with Gasteiger partial charge in [0.05, 0.1) is 0 Å². The highest BCUT2D eigenvalue weighted by atomic mass is 16.4. The number of rotatable bonds is 2. The van der Waals surface area contributed by atoms with Crippen LogP contribution in [-0.2, 0) is 4.79 Å². The van der Waals surface area contributed by atoms with E-state index in [-0.39, 0.29) is 0 Å². The summed E-state index contributed by atoms with van der Waals surface area (Å²) in [5, 5.41) is 11.6. The van der Waals surface area contributed by atoms with Gasteiger partial charge < -0.3 is 5.11 Å². The maximum Gasteiger partial charge on any atom is 0.324 e. The Bertz CT molecular complexity index is 373. The Balaban J connectivity index is 2.22. The first-order valence-electron chi connectivity index (χ1n) is 4.34. The van der Waals surface area contributed by atoms with Gasteiger partial charge in [0.15, 0.2) is 0 Å². The Labute approximate surface area is 81.3 Å². The topological polar surface area (TPSA) is 62.2 Å². The third-order valence-electron chi connectivity index (χ3n) is 2.18. The van der Waals surface area contributed by atoms with Crippen molar-refractivity contribution in [3.63, 3.8) is 0 Å². The van der Waals surface area contributed by atoms with Gasteiger partial charge in [-0.15, -0.1) is 0 Å². The van der Waals surface area contributed by atoms with Crippen LogP contribution in [0.4, 0.5) is 0 Å². The molecule has 1 aromatic heterocycles. The molecule has 0 saturated heterocycles. The van der Waals surface area contributed by atoms with Crippen molar-refractivity contribution < 1.29 is 9.90 Å². The Hall–Kier alpha value is -1.68. The molecule has 2 rings (SSSR count). The van der Waals surface area contributed by atoms with Gasteiger partial charge in [-0.25, -0.2) is 0 Å². The first-order chi connectivity index (χ1) is 6.77. The smallest absolute Gasteiger partial charge is 0.324 e. The molecule has 2 heterocycles. The van der Waals surface area contributed by atoms with E-state index in [0.717, 1.165) is 11.1 Å². The number of carboxylic acids is 1. The second kappa shape index (κ2) is 3.59. The van der Waals surface area contributed by atoms with Gasteiger partial charge in [0.2, 0.25) is 0 Å². The molecule has 1 aliphatic rings. The highest BCUT2D eigenvalue weighted by Crippen LogP contribution is 2.17. The van der Waals surface area contributed by atoms with Crippen LogP contribution in [0.3, 0.4) is 0 Å². The summed E-state index contributed by atoms with van der Waals surface area (Å²) in [5.74, 6) is -0.844. The molecule has 0 amide bonds. The van der Waals surface area contributed by atoms with Crippen molar-refractivity contribution in [2.45, 2.75) is 6.04 Å². The summed E-state index contributed by atoms with van der Waals surface area (Å²) in [6.07, 6.45) is 5.15. The predicted molar refractivity (Wildman–Crippen MR) is 51.6 cm³/mol. The SMILES string of the molecule is O=C(O)[C@@H]1C=C(c2cccnc2)CN1.